The Hall–Kier alpha value is -4.36. The lowest BCUT2D eigenvalue weighted by atomic mass is 9.80. The summed E-state index contributed by atoms with van der Waals surface area (Å²) in [5.41, 5.74) is 11.7. The summed E-state index contributed by atoms with van der Waals surface area (Å²) in [7, 11) is 0. The van der Waals surface area contributed by atoms with Crippen LogP contribution in [0.1, 0.15) is 29.7 Å². The second-order valence-electron chi connectivity index (χ2n) is 10.0. The van der Waals surface area contributed by atoms with Gasteiger partial charge in [0.2, 0.25) is 0 Å². The third-order valence-electron chi connectivity index (χ3n) is 7.94. The number of aromatic nitrogens is 1. The predicted molar refractivity (Wildman–Crippen MR) is 157 cm³/mol. The first kappa shape index (κ1) is 21.9. The van der Waals surface area contributed by atoms with Gasteiger partial charge in [-0.1, -0.05) is 116 Å². The standard InChI is InChI=1S/C36H29N/c1-2-25-19-20-29(24-34(25)26-11-4-3-5-12-26)28-14-10-15-30(23-28)37-35-18-9-8-17-32(35)33-22-21-27-13-6-7-16-31(27)36(33)37/h3-24,27,31H,2H2,1H3. The van der Waals surface area contributed by atoms with E-state index in [1.54, 1.807) is 0 Å². The van der Waals surface area contributed by atoms with Crippen molar-refractivity contribution in [1.82, 2.24) is 4.57 Å². The Balaban J connectivity index is 1.41. The van der Waals surface area contributed by atoms with Crippen LogP contribution in [0.3, 0.4) is 0 Å². The first-order chi connectivity index (χ1) is 18.3. The molecular formula is C36H29N. The van der Waals surface area contributed by atoms with Gasteiger partial charge >= 0.3 is 0 Å². The fourth-order valence-electron chi connectivity index (χ4n) is 6.13. The highest BCUT2D eigenvalue weighted by Gasteiger charge is 2.30. The summed E-state index contributed by atoms with van der Waals surface area (Å²) in [5, 5.41) is 1.32. The van der Waals surface area contributed by atoms with Crippen molar-refractivity contribution in [2.45, 2.75) is 19.3 Å². The van der Waals surface area contributed by atoms with Gasteiger partial charge in [0.25, 0.3) is 0 Å². The van der Waals surface area contributed by atoms with Gasteiger partial charge in [-0.25, -0.2) is 0 Å². The van der Waals surface area contributed by atoms with Crippen LogP contribution in [0.2, 0.25) is 0 Å². The molecule has 1 heterocycles. The van der Waals surface area contributed by atoms with E-state index in [2.05, 4.69) is 145 Å². The van der Waals surface area contributed by atoms with Crippen molar-refractivity contribution in [3.05, 3.63) is 144 Å². The average molecular weight is 476 g/mol. The zero-order chi connectivity index (χ0) is 24.8. The van der Waals surface area contributed by atoms with Crippen LogP contribution in [0, 0.1) is 5.92 Å². The fourth-order valence-corrected chi connectivity index (χ4v) is 6.13. The van der Waals surface area contributed by atoms with Crippen molar-refractivity contribution in [3.8, 4) is 27.9 Å². The number of benzene rings is 4. The summed E-state index contributed by atoms with van der Waals surface area (Å²) in [6, 6.07) is 35.6. The maximum Gasteiger partial charge on any atom is 0.0537 e. The molecule has 0 aliphatic heterocycles. The lowest BCUT2D eigenvalue weighted by Crippen LogP contribution is -2.16. The van der Waals surface area contributed by atoms with E-state index in [-0.39, 0.29) is 0 Å². The third kappa shape index (κ3) is 3.62. The zero-order valence-electron chi connectivity index (χ0n) is 21.0. The molecule has 0 saturated heterocycles. The van der Waals surface area contributed by atoms with E-state index < -0.39 is 0 Å². The molecule has 4 aromatic carbocycles. The summed E-state index contributed by atoms with van der Waals surface area (Å²) in [6.07, 6.45) is 14.8. The van der Waals surface area contributed by atoms with E-state index in [1.165, 1.54) is 55.7 Å². The number of fused-ring (bicyclic) bond motifs is 5. The Bertz CT molecular complexity index is 1710. The van der Waals surface area contributed by atoms with Gasteiger partial charge in [0.1, 0.15) is 0 Å². The van der Waals surface area contributed by atoms with Crippen molar-refractivity contribution in [3.63, 3.8) is 0 Å². The van der Waals surface area contributed by atoms with Gasteiger partial charge in [0, 0.05) is 34.2 Å². The molecule has 1 aromatic heterocycles. The molecule has 37 heavy (non-hydrogen) atoms. The number of nitrogens with zero attached hydrogens (tertiary/aromatic N) is 1. The van der Waals surface area contributed by atoms with Crippen molar-refractivity contribution in [2.75, 3.05) is 0 Å². The highest BCUT2D eigenvalue weighted by Crippen LogP contribution is 2.44. The molecule has 178 valence electrons. The quantitative estimate of drug-likeness (QED) is 0.244. The molecule has 0 bridgehead atoms. The maximum absolute atomic E-state index is 2.50. The van der Waals surface area contributed by atoms with Gasteiger partial charge in [-0.15, -0.1) is 0 Å². The van der Waals surface area contributed by atoms with Gasteiger partial charge < -0.3 is 4.57 Å². The molecule has 2 unspecified atom stereocenters. The number of hydrogen-bond acceptors (Lipinski definition) is 0. The molecule has 5 aromatic rings. The largest absolute Gasteiger partial charge is 0.312 e. The zero-order valence-corrected chi connectivity index (χ0v) is 21.0. The van der Waals surface area contributed by atoms with Crippen LogP contribution in [0.25, 0.3) is 44.9 Å². The molecule has 0 spiro atoms. The second-order valence-corrected chi connectivity index (χ2v) is 10.0. The summed E-state index contributed by atoms with van der Waals surface area (Å²) in [6.45, 7) is 2.24. The molecule has 2 aliphatic carbocycles. The maximum atomic E-state index is 2.50. The fraction of sp³-hybridized carbons (Fsp3) is 0.111. The summed E-state index contributed by atoms with van der Waals surface area (Å²) >= 11 is 0. The van der Waals surface area contributed by atoms with Crippen LogP contribution >= 0.6 is 0 Å². The lowest BCUT2D eigenvalue weighted by molar-refractivity contribution is 0.661. The van der Waals surface area contributed by atoms with Crippen molar-refractivity contribution in [1.29, 1.82) is 0 Å². The topological polar surface area (TPSA) is 4.93 Å². The average Bonchev–Trinajstić information content (AvgIpc) is 3.32. The van der Waals surface area contributed by atoms with Gasteiger partial charge in [-0.05, 0) is 58.5 Å². The molecule has 0 radical (unpaired) electrons. The molecular weight excluding hydrogens is 446 g/mol. The van der Waals surface area contributed by atoms with Crippen LogP contribution in [0.5, 0.6) is 0 Å². The number of para-hydroxylation sites is 1. The van der Waals surface area contributed by atoms with Crippen LogP contribution < -0.4 is 0 Å². The van der Waals surface area contributed by atoms with Crippen LogP contribution in [0.15, 0.2) is 127 Å². The molecule has 2 aliphatic rings. The van der Waals surface area contributed by atoms with Crippen LogP contribution in [0.4, 0.5) is 0 Å². The summed E-state index contributed by atoms with van der Waals surface area (Å²) in [5.74, 6) is 0.744. The minimum Gasteiger partial charge on any atom is -0.312 e. The Morgan fingerprint density at radius 1 is 0.676 bits per heavy atom. The van der Waals surface area contributed by atoms with Crippen LogP contribution in [-0.4, -0.2) is 4.57 Å². The Morgan fingerprint density at radius 3 is 2.35 bits per heavy atom. The predicted octanol–water partition coefficient (Wildman–Crippen LogP) is 9.38. The molecule has 0 saturated carbocycles. The van der Waals surface area contributed by atoms with E-state index in [0.29, 0.717) is 11.8 Å². The normalized spacial score (nSPS) is 17.6. The number of hydrogen-bond donors (Lipinski definition) is 0. The first-order valence-corrected chi connectivity index (χ1v) is 13.3. The molecule has 0 amide bonds. The molecule has 0 N–H and O–H groups in total. The number of aryl methyl sites for hydroxylation is 1. The molecule has 0 fully saturated rings. The van der Waals surface area contributed by atoms with Gasteiger partial charge in [-0.3, -0.25) is 0 Å². The number of allylic oxidation sites excluding steroid dienone is 5. The molecule has 1 nitrogen and oxygen atoms in total. The van der Waals surface area contributed by atoms with E-state index >= 15 is 0 Å². The first-order valence-electron chi connectivity index (χ1n) is 13.3. The second kappa shape index (κ2) is 8.94. The van der Waals surface area contributed by atoms with Crippen molar-refractivity contribution < 1.29 is 0 Å². The molecule has 2 atom stereocenters. The van der Waals surface area contributed by atoms with E-state index in [1.807, 2.05) is 0 Å². The van der Waals surface area contributed by atoms with Crippen molar-refractivity contribution in [2.24, 2.45) is 5.92 Å². The highest BCUT2D eigenvalue weighted by atomic mass is 15.0. The number of rotatable bonds is 4. The third-order valence-corrected chi connectivity index (χ3v) is 7.94. The lowest BCUT2D eigenvalue weighted by Gasteiger charge is -2.28. The minimum absolute atomic E-state index is 0.342. The highest BCUT2D eigenvalue weighted by molar-refractivity contribution is 5.94. The van der Waals surface area contributed by atoms with Gasteiger partial charge in [0.15, 0.2) is 0 Å². The van der Waals surface area contributed by atoms with Crippen molar-refractivity contribution >= 4 is 17.0 Å². The van der Waals surface area contributed by atoms with E-state index in [4.69, 9.17) is 0 Å². The van der Waals surface area contributed by atoms with Gasteiger partial charge in [-0.2, -0.15) is 0 Å². The summed E-state index contributed by atoms with van der Waals surface area (Å²) in [4.78, 5) is 0. The summed E-state index contributed by atoms with van der Waals surface area (Å²) < 4.78 is 2.50. The SMILES string of the molecule is CCc1ccc(-c2cccc(-n3c4c(c5ccccc53)C=CC3C=CC=CC43)c2)cc1-c1ccccc1. The molecule has 1 heteroatoms. The monoisotopic (exact) mass is 475 g/mol. The minimum atomic E-state index is 0.342. The Kier molecular flexibility index (Phi) is 5.29. The Labute approximate surface area is 218 Å². The molecule has 7 rings (SSSR count). The smallest absolute Gasteiger partial charge is 0.0537 e. The van der Waals surface area contributed by atoms with Crippen LogP contribution in [-0.2, 0) is 6.42 Å². The van der Waals surface area contributed by atoms with Gasteiger partial charge in [0.05, 0.1) is 5.52 Å². The van der Waals surface area contributed by atoms with E-state index in [0.717, 1.165) is 6.42 Å². The Morgan fingerprint density at radius 2 is 1.46 bits per heavy atom. The van der Waals surface area contributed by atoms with E-state index in [9.17, 15) is 0 Å².